The molecule has 0 aliphatic rings. The van der Waals surface area contributed by atoms with Crippen LogP contribution in [0.15, 0.2) is 30.5 Å². The van der Waals surface area contributed by atoms with Crippen molar-refractivity contribution < 1.29 is 9.53 Å². The maximum absolute atomic E-state index is 11.4. The van der Waals surface area contributed by atoms with Gasteiger partial charge in [0.2, 0.25) is 0 Å². The molecule has 0 saturated carbocycles. The van der Waals surface area contributed by atoms with Gasteiger partial charge in [-0.2, -0.15) is 5.26 Å². The summed E-state index contributed by atoms with van der Waals surface area (Å²) >= 11 is 0. The number of para-hydroxylation sites is 1. The molecule has 1 heterocycles. The van der Waals surface area contributed by atoms with Gasteiger partial charge in [0.15, 0.2) is 0 Å². The molecule has 0 unspecified atom stereocenters. The van der Waals surface area contributed by atoms with E-state index in [1.807, 2.05) is 12.1 Å². The molecule has 0 radical (unpaired) electrons. The van der Waals surface area contributed by atoms with E-state index in [0.717, 1.165) is 5.39 Å². The zero-order chi connectivity index (χ0) is 10.8. The molecule has 0 amide bonds. The largest absolute Gasteiger partial charge is 0.452 e. The topological polar surface area (TPSA) is 55.0 Å². The zero-order valence-corrected chi connectivity index (χ0v) is 8.10. The fourth-order valence-corrected chi connectivity index (χ4v) is 1.53. The van der Waals surface area contributed by atoms with Gasteiger partial charge in [-0.05, 0) is 12.1 Å². The molecule has 74 valence electrons. The summed E-state index contributed by atoms with van der Waals surface area (Å²) in [5.41, 5.74) is 1.05. The average Bonchev–Trinajstić information content (AvgIpc) is 2.71. The molecule has 0 fully saturated rings. The van der Waals surface area contributed by atoms with Crippen LogP contribution in [0.4, 0.5) is 4.79 Å². The second kappa shape index (κ2) is 3.46. The van der Waals surface area contributed by atoms with Crippen molar-refractivity contribution in [2.24, 2.45) is 0 Å². The molecule has 15 heavy (non-hydrogen) atoms. The summed E-state index contributed by atoms with van der Waals surface area (Å²) in [6, 6.07) is 9.11. The zero-order valence-electron chi connectivity index (χ0n) is 8.10. The Kier molecular flexibility index (Phi) is 2.14. The first kappa shape index (κ1) is 9.28. The summed E-state index contributed by atoms with van der Waals surface area (Å²) in [4.78, 5) is 11.4. The predicted molar refractivity (Wildman–Crippen MR) is 54.5 cm³/mol. The predicted octanol–water partition coefficient (Wildman–Crippen LogP) is 2.13. The average molecular weight is 200 g/mol. The lowest BCUT2D eigenvalue weighted by atomic mass is 10.1. The lowest BCUT2D eigenvalue weighted by Gasteiger charge is -2.02. The number of carbonyl (C=O) groups excluding carboxylic acids is 1. The number of hydrogen-bond donors (Lipinski definition) is 0. The highest BCUT2D eigenvalue weighted by atomic mass is 16.5. The van der Waals surface area contributed by atoms with E-state index in [-0.39, 0.29) is 0 Å². The van der Waals surface area contributed by atoms with Crippen LogP contribution in [-0.2, 0) is 4.74 Å². The van der Waals surface area contributed by atoms with Crippen LogP contribution in [0.5, 0.6) is 0 Å². The van der Waals surface area contributed by atoms with Crippen LogP contribution in [0.25, 0.3) is 10.9 Å². The van der Waals surface area contributed by atoms with Crippen LogP contribution < -0.4 is 0 Å². The third-order valence-electron chi connectivity index (χ3n) is 2.20. The number of aromatic nitrogens is 1. The van der Waals surface area contributed by atoms with Crippen molar-refractivity contribution in [1.82, 2.24) is 4.57 Å². The molecule has 0 aliphatic carbocycles. The number of ether oxygens (including phenoxy) is 1. The van der Waals surface area contributed by atoms with E-state index in [4.69, 9.17) is 5.26 Å². The monoisotopic (exact) mass is 200 g/mol. The van der Waals surface area contributed by atoms with Crippen LogP contribution in [0.3, 0.4) is 0 Å². The lowest BCUT2D eigenvalue weighted by Crippen LogP contribution is -2.10. The van der Waals surface area contributed by atoms with Crippen molar-refractivity contribution in [3.05, 3.63) is 36.0 Å². The molecule has 2 rings (SSSR count). The maximum atomic E-state index is 11.4. The summed E-state index contributed by atoms with van der Waals surface area (Å²) in [6.07, 6.45) is 1.10. The van der Waals surface area contributed by atoms with Crippen molar-refractivity contribution in [1.29, 1.82) is 5.26 Å². The van der Waals surface area contributed by atoms with Crippen LogP contribution in [-0.4, -0.2) is 17.8 Å². The first-order valence-corrected chi connectivity index (χ1v) is 4.36. The van der Waals surface area contributed by atoms with Crippen molar-refractivity contribution in [3.63, 3.8) is 0 Å². The Morgan fingerprint density at radius 2 is 2.27 bits per heavy atom. The SMILES string of the molecule is COC(=O)n1ccc2cccc(C#N)c21. The Labute approximate surface area is 86.3 Å². The smallest absolute Gasteiger partial charge is 0.418 e. The van der Waals surface area contributed by atoms with Crippen LogP contribution >= 0.6 is 0 Å². The summed E-state index contributed by atoms with van der Waals surface area (Å²) in [5, 5.41) is 9.76. The van der Waals surface area contributed by atoms with Gasteiger partial charge in [-0.3, -0.25) is 4.57 Å². The molecule has 0 spiro atoms. The van der Waals surface area contributed by atoms with Crippen LogP contribution in [0.1, 0.15) is 5.56 Å². The Hall–Kier alpha value is -2.28. The van der Waals surface area contributed by atoms with Gasteiger partial charge in [-0.15, -0.1) is 0 Å². The molecule has 1 aromatic heterocycles. The first-order valence-electron chi connectivity index (χ1n) is 4.36. The van der Waals surface area contributed by atoms with Crippen molar-refractivity contribution in [2.45, 2.75) is 0 Å². The molecule has 1 aromatic carbocycles. The highest BCUT2D eigenvalue weighted by molar-refractivity contribution is 5.92. The quantitative estimate of drug-likeness (QED) is 0.654. The molecular formula is C11H8N2O2. The van der Waals surface area contributed by atoms with Gasteiger partial charge in [0, 0.05) is 11.6 Å². The summed E-state index contributed by atoms with van der Waals surface area (Å²) in [5.74, 6) is 0. The van der Waals surface area contributed by atoms with Gasteiger partial charge in [0.25, 0.3) is 0 Å². The van der Waals surface area contributed by atoms with Crippen molar-refractivity contribution >= 4 is 17.0 Å². The number of hydrogen-bond acceptors (Lipinski definition) is 3. The minimum Gasteiger partial charge on any atom is -0.452 e. The van der Waals surface area contributed by atoms with Gasteiger partial charge in [0.1, 0.15) is 6.07 Å². The van der Waals surface area contributed by atoms with E-state index < -0.39 is 6.09 Å². The Balaban J connectivity index is 2.78. The highest BCUT2D eigenvalue weighted by Crippen LogP contribution is 2.19. The third kappa shape index (κ3) is 1.34. The van der Waals surface area contributed by atoms with Gasteiger partial charge < -0.3 is 4.74 Å². The Bertz CT molecular complexity index is 563. The number of benzene rings is 1. The maximum Gasteiger partial charge on any atom is 0.418 e. The second-order valence-corrected chi connectivity index (χ2v) is 3.01. The van der Waals surface area contributed by atoms with E-state index in [0.29, 0.717) is 11.1 Å². The molecular weight excluding hydrogens is 192 g/mol. The fourth-order valence-electron chi connectivity index (χ4n) is 1.53. The van der Waals surface area contributed by atoms with E-state index in [1.165, 1.54) is 11.7 Å². The summed E-state index contributed by atoms with van der Waals surface area (Å²) in [7, 11) is 1.31. The lowest BCUT2D eigenvalue weighted by molar-refractivity contribution is 0.174. The number of fused-ring (bicyclic) bond motifs is 1. The highest BCUT2D eigenvalue weighted by Gasteiger charge is 2.11. The summed E-state index contributed by atoms with van der Waals surface area (Å²) in [6.45, 7) is 0. The minimum absolute atomic E-state index is 0.461. The summed E-state index contributed by atoms with van der Waals surface area (Å²) < 4.78 is 5.94. The molecule has 0 bridgehead atoms. The van der Waals surface area contributed by atoms with Gasteiger partial charge in [-0.25, -0.2) is 4.79 Å². The van der Waals surface area contributed by atoms with E-state index in [2.05, 4.69) is 4.74 Å². The van der Waals surface area contributed by atoms with Gasteiger partial charge in [0.05, 0.1) is 18.2 Å². The standard InChI is InChI=1S/C11H8N2O2/c1-15-11(14)13-6-5-8-3-2-4-9(7-12)10(8)13/h2-6H,1H3. The number of carbonyl (C=O) groups is 1. The number of methoxy groups -OCH3 is 1. The normalized spacial score (nSPS) is 9.87. The van der Waals surface area contributed by atoms with E-state index in [1.54, 1.807) is 24.4 Å². The first-order chi connectivity index (χ1) is 7.27. The number of rotatable bonds is 0. The second-order valence-electron chi connectivity index (χ2n) is 3.01. The molecule has 2 aromatic rings. The van der Waals surface area contributed by atoms with Gasteiger partial charge >= 0.3 is 6.09 Å². The van der Waals surface area contributed by atoms with Gasteiger partial charge in [-0.1, -0.05) is 12.1 Å². The van der Waals surface area contributed by atoms with Crippen LogP contribution in [0, 0.1) is 11.3 Å². The Morgan fingerprint density at radius 1 is 1.47 bits per heavy atom. The molecule has 0 aliphatic heterocycles. The van der Waals surface area contributed by atoms with Crippen molar-refractivity contribution in [2.75, 3.05) is 7.11 Å². The number of nitriles is 1. The fraction of sp³-hybridized carbons (Fsp3) is 0.0909. The third-order valence-corrected chi connectivity index (χ3v) is 2.20. The molecule has 0 atom stereocenters. The molecule has 0 N–H and O–H groups in total. The van der Waals surface area contributed by atoms with Crippen LogP contribution in [0.2, 0.25) is 0 Å². The Morgan fingerprint density at radius 3 is 2.93 bits per heavy atom. The van der Waals surface area contributed by atoms with Crippen molar-refractivity contribution in [3.8, 4) is 6.07 Å². The molecule has 0 saturated heterocycles. The molecule has 4 nitrogen and oxygen atoms in total. The molecule has 4 heteroatoms. The van der Waals surface area contributed by atoms with E-state index >= 15 is 0 Å². The van der Waals surface area contributed by atoms with E-state index in [9.17, 15) is 4.79 Å². The number of nitrogens with zero attached hydrogens (tertiary/aromatic N) is 2. The minimum atomic E-state index is -0.493.